The summed E-state index contributed by atoms with van der Waals surface area (Å²) in [7, 11) is 2.96. The number of rotatable bonds is 7. The van der Waals surface area contributed by atoms with Gasteiger partial charge in [0.2, 0.25) is 0 Å². The van der Waals surface area contributed by atoms with E-state index < -0.39 is 0 Å². The van der Waals surface area contributed by atoms with Gasteiger partial charge in [-0.15, -0.1) is 0 Å². The lowest BCUT2D eigenvalue weighted by Gasteiger charge is -2.24. The zero-order valence-electron chi connectivity index (χ0n) is 12.0. The number of ether oxygens (including phenoxy) is 2. The van der Waals surface area contributed by atoms with E-state index in [-0.39, 0.29) is 12.4 Å². The third-order valence-corrected chi connectivity index (χ3v) is 2.81. The summed E-state index contributed by atoms with van der Waals surface area (Å²) in [6.07, 6.45) is 0.237. The zero-order chi connectivity index (χ0) is 15.0. The number of nitrogens with zero attached hydrogens (tertiary/aromatic N) is 3. The minimum absolute atomic E-state index is 0.237. The molecule has 1 aromatic rings. The summed E-state index contributed by atoms with van der Waals surface area (Å²) in [6, 6.07) is 5.64. The Morgan fingerprint density at radius 3 is 2.75 bits per heavy atom. The number of aromatic nitrogens is 1. The van der Waals surface area contributed by atoms with Crippen LogP contribution in [0.3, 0.4) is 0 Å². The maximum absolute atomic E-state index is 11.3. The van der Waals surface area contributed by atoms with E-state index in [1.165, 1.54) is 7.11 Å². The Labute approximate surface area is 118 Å². The molecule has 0 fully saturated rings. The molecule has 1 heterocycles. The van der Waals surface area contributed by atoms with Gasteiger partial charge in [-0.1, -0.05) is 0 Å². The van der Waals surface area contributed by atoms with Crippen molar-refractivity contribution in [2.24, 2.45) is 0 Å². The van der Waals surface area contributed by atoms with Crippen molar-refractivity contribution in [1.29, 1.82) is 5.26 Å². The normalized spacial score (nSPS) is 9.90. The highest BCUT2D eigenvalue weighted by atomic mass is 16.5. The van der Waals surface area contributed by atoms with E-state index in [1.807, 2.05) is 11.8 Å². The first-order chi connectivity index (χ1) is 9.62. The second-order valence-corrected chi connectivity index (χ2v) is 4.24. The lowest BCUT2D eigenvalue weighted by Crippen LogP contribution is -2.31. The average molecular weight is 277 g/mol. The predicted octanol–water partition coefficient (Wildman–Crippen LogP) is 1.28. The van der Waals surface area contributed by atoms with Crippen molar-refractivity contribution in [3.63, 3.8) is 0 Å². The van der Waals surface area contributed by atoms with Crippen LogP contribution in [0.4, 0.5) is 5.82 Å². The number of carbonyl (C=O) groups is 1. The van der Waals surface area contributed by atoms with Crippen LogP contribution in [0.25, 0.3) is 0 Å². The largest absolute Gasteiger partial charge is 0.469 e. The third-order valence-electron chi connectivity index (χ3n) is 2.81. The van der Waals surface area contributed by atoms with Gasteiger partial charge in [0.1, 0.15) is 11.9 Å². The van der Waals surface area contributed by atoms with Crippen LogP contribution >= 0.6 is 0 Å². The van der Waals surface area contributed by atoms with E-state index in [2.05, 4.69) is 15.8 Å². The second-order valence-electron chi connectivity index (χ2n) is 4.24. The summed E-state index contributed by atoms with van der Waals surface area (Å²) in [5, 5.41) is 9.17. The molecular formula is C14H19N3O3. The monoisotopic (exact) mass is 277 g/mol. The van der Waals surface area contributed by atoms with Gasteiger partial charge >= 0.3 is 5.97 Å². The first-order valence-corrected chi connectivity index (χ1v) is 6.30. The second kappa shape index (κ2) is 8.12. The van der Waals surface area contributed by atoms with Gasteiger partial charge in [0.15, 0.2) is 0 Å². The first-order valence-electron chi connectivity index (χ1n) is 6.30. The highest BCUT2D eigenvalue weighted by Gasteiger charge is 2.15. The van der Waals surface area contributed by atoms with Crippen molar-refractivity contribution in [2.45, 2.75) is 13.3 Å². The van der Waals surface area contributed by atoms with Crippen LogP contribution in [-0.2, 0) is 14.3 Å². The van der Waals surface area contributed by atoms with Gasteiger partial charge in [0, 0.05) is 25.9 Å². The molecular weight excluding hydrogens is 258 g/mol. The molecule has 0 aliphatic rings. The van der Waals surface area contributed by atoms with E-state index in [9.17, 15) is 4.79 Å². The summed E-state index contributed by atoms with van der Waals surface area (Å²) >= 11 is 0. The maximum Gasteiger partial charge on any atom is 0.307 e. The molecule has 0 spiro atoms. The Kier molecular flexibility index (Phi) is 6.47. The van der Waals surface area contributed by atoms with Gasteiger partial charge in [0.25, 0.3) is 0 Å². The minimum Gasteiger partial charge on any atom is -0.469 e. The number of esters is 1. The lowest BCUT2D eigenvalue weighted by molar-refractivity contribution is -0.140. The molecule has 0 atom stereocenters. The molecule has 108 valence electrons. The number of hydrogen-bond donors (Lipinski definition) is 0. The van der Waals surface area contributed by atoms with Crippen LogP contribution in [0.1, 0.15) is 17.7 Å². The van der Waals surface area contributed by atoms with Crippen LogP contribution in [0.2, 0.25) is 0 Å². The molecule has 0 saturated carbocycles. The Bertz CT molecular complexity index is 497. The Balaban J connectivity index is 2.94. The molecule has 0 aliphatic heterocycles. The van der Waals surface area contributed by atoms with Crippen molar-refractivity contribution < 1.29 is 14.3 Å². The topological polar surface area (TPSA) is 75.4 Å². The number of aryl methyl sites for hydroxylation is 1. The summed E-state index contributed by atoms with van der Waals surface area (Å²) in [5.41, 5.74) is 1.30. The van der Waals surface area contributed by atoms with Gasteiger partial charge < -0.3 is 14.4 Å². The van der Waals surface area contributed by atoms with E-state index in [0.29, 0.717) is 31.1 Å². The molecule has 0 aliphatic carbocycles. The number of nitriles is 1. The van der Waals surface area contributed by atoms with E-state index in [1.54, 1.807) is 19.2 Å². The average Bonchev–Trinajstić information content (AvgIpc) is 2.47. The molecule has 0 N–H and O–H groups in total. The number of carbonyl (C=O) groups excluding carboxylic acids is 1. The van der Waals surface area contributed by atoms with Crippen LogP contribution in [0.5, 0.6) is 0 Å². The number of pyridine rings is 1. The van der Waals surface area contributed by atoms with Crippen molar-refractivity contribution in [2.75, 3.05) is 38.8 Å². The Morgan fingerprint density at radius 1 is 1.40 bits per heavy atom. The van der Waals surface area contributed by atoms with Crippen molar-refractivity contribution in [1.82, 2.24) is 4.98 Å². The molecule has 0 unspecified atom stereocenters. The summed E-state index contributed by atoms with van der Waals surface area (Å²) in [5.74, 6) is 0.284. The predicted molar refractivity (Wildman–Crippen MR) is 74.4 cm³/mol. The van der Waals surface area contributed by atoms with Crippen LogP contribution < -0.4 is 4.90 Å². The molecule has 0 amide bonds. The summed E-state index contributed by atoms with van der Waals surface area (Å²) in [6.45, 7) is 3.33. The molecule has 20 heavy (non-hydrogen) atoms. The quantitative estimate of drug-likeness (QED) is 0.699. The third kappa shape index (κ3) is 4.52. The SMILES string of the molecule is COCCN(CCC(=O)OC)c1nc(C)ccc1C#N. The smallest absolute Gasteiger partial charge is 0.307 e. The molecule has 6 heteroatoms. The number of anilines is 1. The Morgan fingerprint density at radius 2 is 2.15 bits per heavy atom. The van der Waals surface area contributed by atoms with E-state index in [0.717, 1.165) is 5.69 Å². The summed E-state index contributed by atoms with van der Waals surface area (Å²) < 4.78 is 9.70. The number of hydrogen-bond acceptors (Lipinski definition) is 6. The number of methoxy groups -OCH3 is 2. The molecule has 6 nitrogen and oxygen atoms in total. The van der Waals surface area contributed by atoms with E-state index in [4.69, 9.17) is 10.00 Å². The maximum atomic E-state index is 11.3. The van der Waals surface area contributed by atoms with Crippen LogP contribution in [0, 0.1) is 18.3 Å². The van der Waals surface area contributed by atoms with Crippen molar-refractivity contribution in [3.05, 3.63) is 23.4 Å². The fourth-order valence-electron chi connectivity index (χ4n) is 1.72. The van der Waals surface area contributed by atoms with Crippen LogP contribution in [-0.4, -0.2) is 44.9 Å². The van der Waals surface area contributed by atoms with Crippen molar-refractivity contribution >= 4 is 11.8 Å². The minimum atomic E-state index is -0.293. The fraction of sp³-hybridized carbons (Fsp3) is 0.500. The highest BCUT2D eigenvalue weighted by Crippen LogP contribution is 2.18. The van der Waals surface area contributed by atoms with Gasteiger partial charge in [-0.2, -0.15) is 5.26 Å². The van der Waals surface area contributed by atoms with E-state index >= 15 is 0 Å². The summed E-state index contributed by atoms with van der Waals surface area (Å²) in [4.78, 5) is 17.5. The molecule has 0 radical (unpaired) electrons. The fourth-order valence-corrected chi connectivity index (χ4v) is 1.72. The zero-order valence-corrected chi connectivity index (χ0v) is 12.0. The lowest BCUT2D eigenvalue weighted by atomic mass is 10.2. The van der Waals surface area contributed by atoms with Crippen molar-refractivity contribution in [3.8, 4) is 6.07 Å². The molecule has 1 aromatic heterocycles. The molecule has 0 bridgehead atoms. The van der Waals surface area contributed by atoms with Gasteiger partial charge in [-0.3, -0.25) is 4.79 Å². The first kappa shape index (κ1) is 15.9. The molecule has 0 saturated heterocycles. The standard InChI is InChI=1S/C14H19N3O3/c1-11-4-5-12(10-15)14(16-11)17(8-9-19-2)7-6-13(18)20-3/h4-5H,6-9H2,1-3H3. The molecule has 1 rings (SSSR count). The van der Waals surface area contributed by atoms with Gasteiger partial charge in [-0.25, -0.2) is 4.98 Å². The van der Waals surface area contributed by atoms with Crippen LogP contribution in [0.15, 0.2) is 12.1 Å². The van der Waals surface area contributed by atoms with Gasteiger partial charge in [-0.05, 0) is 19.1 Å². The van der Waals surface area contributed by atoms with Gasteiger partial charge in [0.05, 0.1) is 25.7 Å². The molecule has 0 aromatic carbocycles. The Hall–Kier alpha value is -2.13. The highest BCUT2D eigenvalue weighted by molar-refractivity contribution is 5.70.